The molecule has 0 saturated carbocycles. The third-order valence-corrected chi connectivity index (χ3v) is 3.03. The molecule has 4 heteroatoms. The van der Waals surface area contributed by atoms with Crippen LogP contribution in [0.4, 0.5) is 5.82 Å². The van der Waals surface area contributed by atoms with E-state index in [1.807, 2.05) is 16.8 Å². The molecular formula is C15H14N4. The molecule has 0 unspecified atom stereocenters. The van der Waals surface area contributed by atoms with Crippen molar-refractivity contribution < 1.29 is 0 Å². The minimum absolute atomic E-state index is 0.519. The van der Waals surface area contributed by atoms with Crippen molar-refractivity contribution in [1.82, 2.24) is 14.5 Å². The SMILES string of the molecule is Cc1ccc(-n2cncc2-c2ccc(N)nc2)cc1. The molecule has 94 valence electrons. The fraction of sp³-hybridized carbons (Fsp3) is 0.0667. The van der Waals surface area contributed by atoms with E-state index in [9.17, 15) is 0 Å². The quantitative estimate of drug-likeness (QED) is 0.760. The molecule has 0 radical (unpaired) electrons. The number of hydrogen-bond acceptors (Lipinski definition) is 3. The molecule has 0 fully saturated rings. The molecule has 0 aliphatic heterocycles. The van der Waals surface area contributed by atoms with E-state index in [4.69, 9.17) is 5.73 Å². The third kappa shape index (κ3) is 2.20. The van der Waals surface area contributed by atoms with E-state index >= 15 is 0 Å². The number of nitrogens with two attached hydrogens (primary N) is 1. The number of anilines is 1. The predicted octanol–water partition coefficient (Wildman–Crippen LogP) is 2.82. The van der Waals surface area contributed by atoms with Gasteiger partial charge in [-0.1, -0.05) is 17.7 Å². The number of rotatable bonds is 2. The molecular weight excluding hydrogens is 236 g/mol. The number of hydrogen-bond donors (Lipinski definition) is 1. The molecule has 0 amide bonds. The number of imidazole rings is 1. The first-order chi connectivity index (χ1) is 9.24. The predicted molar refractivity (Wildman–Crippen MR) is 75.9 cm³/mol. The highest BCUT2D eigenvalue weighted by atomic mass is 15.0. The molecule has 0 bridgehead atoms. The van der Waals surface area contributed by atoms with Crippen molar-refractivity contribution in [3.63, 3.8) is 0 Å². The number of nitrogen functional groups attached to an aromatic ring is 1. The van der Waals surface area contributed by atoms with Crippen molar-refractivity contribution in [3.05, 3.63) is 60.7 Å². The molecule has 3 aromatic rings. The van der Waals surface area contributed by atoms with Gasteiger partial charge in [0.25, 0.3) is 0 Å². The Bertz CT molecular complexity index is 621. The molecule has 1 aromatic carbocycles. The Morgan fingerprint density at radius 1 is 1.00 bits per heavy atom. The van der Waals surface area contributed by atoms with Gasteiger partial charge in [-0.3, -0.25) is 4.57 Å². The van der Waals surface area contributed by atoms with Gasteiger partial charge in [-0.15, -0.1) is 0 Å². The number of pyridine rings is 1. The highest BCUT2D eigenvalue weighted by molar-refractivity contribution is 5.62. The van der Waals surface area contributed by atoms with Crippen LogP contribution in [0.25, 0.3) is 16.9 Å². The summed E-state index contributed by atoms with van der Waals surface area (Å²) in [7, 11) is 0. The van der Waals surface area contributed by atoms with E-state index in [2.05, 4.69) is 41.2 Å². The van der Waals surface area contributed by atoms with E-state index in [-0.39, 0.29) is 0 Å². The Labute approximate surface area is 111 Å². The lowest BCUT2D eigenvalue weighted by atomic mass is 10.2. The molecule has 0 saturated heterocycles. The van der Waals surface area contributed by atoms with Crippen LogP contribution in [0.5, 0.6) is 0 Å². The van der Waals surface area contributed by atoms with Crippen molar-refractivity contribution in [2.75, 3.05) is 5.73 Å². The number of aryl methyl sites for hydroxylation is 1. The standard InChI is InChI=1S/C15H14N4/c1-11-2-5-13(6-3-11)19-10-17-9-14(19)12-4-7-15(16)18-8-12/h2-10H,1H3,(H2,16,18). The van der Waals surface area contributed by atoms with Crippen molar-refractivity contribution in [2.24, 2.45) is 0 Å². The van der Waals surface area contributed by atoms with Crippen molar-refractivity contribution >= 4 is 5.82 Å². The topological polar surface area (TPSA) is 56.7 Å². The Hall–Kier alpha value is -2.62. The Morgan fingerprint density at radius 3 is 2.47 bits per heavy atom. The number of aromatic nitrogens is 3. The zero-order chi connectivity index (χ0) is 13.2. The van der Waals surface area contributed by atoms with Gasteiger partial charge in [0.15, 0.2) is 0 Å². The monoisotopic (exact) mass is 250 g/mol. The molecule has 0 spiro atoms. The van der Waals surface area contributed by atoms with E-state index in [0.717, 1.165) is 16.9 Å². The van der Waals surface area contributed by atoms with Gasteiger partial charge in [-0.05, 0) is 31.2 Å². The fourth-order valence-corrected chi connectivity index (χ4v) is 1.98. The van der Waals surface area contributed by atoms with Crippen LogP contribution in [0.15, 0.2) is 55.1 Å². The van der Waals surface area contributed by atoms with E-state index in [1.165, 1.54) is 5.56 Å². The second-order valence-corrected chi connectivity index (χ2v) is 4.46. The first-order valence-corrected chi connectivity index (χ1v) is 6.05. The maximum Gasteiger partial charge on any atom is 0.123 e. The van der Waals surface area contributed by atoms with Gasteiger partial charge in [-0.2, -0.15) is 0 Å². The Morgan fingerprint density at radius 2 is 1.79 bits per heavy atom. The molecule has 0 aliphatic carbocycles. The van der Waals surface area contributed by atoms with Gasteiger partial charge < -0.3 is 5.73 Å². The molecule has 0 aliphatic rings. The normalized spacial score (nSPS) is 10.6. The van der Waals surface area contributed by atoms with E-state index < -0.39 is 0 Å². The van der Waals surface area contributed by atoms with Crippen LogP contribution in [-0.2, 0) is 0 Å². The highest BCUT2D eigenvalue weighted by Crippen LogP contribution is 2.22. The van der Waals surface area contributed by atoms with Crippen LogP contribution in [-0.4, -0.2) is 14.5 Å². The summed E-state index contributed by atoms with van der Waals surface area (Å²) in [6.45, 7) is 2.07. The number of benzene rings is 1. The summed E-state index contributed by atoms with van der Waals surface area (Å²) in [6, 6.07) is 12.1. The largest absolute Gasteiger partial charge is 0.384 e. The third-order valence-electron chi connectivity index (χ3n) is 3.03. The van der Waals surface area contributed by atoms with Crippen molar-refractivity contribution in [1.29, 1.82) is 0 Å². The molecule has 19 heavy (non-hydrogen) atoms. The summed E-state index contributed by atoms with van der Waals surface area (Å²) in [5.41, 5.74) is 9.92. The number of nitrogens with zero attached hydrogens (tertiary/aromatic N) is 3. The van der Waals surface area contributed by atoms with Gasteiger partial charge in [0.2, 0.25) is 0 Å². The lowest BCUT2D eigenvalue weighted by molar-refractivity contribution is 1.06. The maximum atomic E-state index is 5.61. The van der Waals surface area contributed by atoms with E-state index in [1.54, 1.807) is 18.6 Å². The second kappa shape index (κ2) is 4.57. The minimum Gasteiger partial charge on any atom is -0.384 e. The second-order valence-electron chi connectivity index (χ2n) is 4.46. The maximum absolute atomic E-state index is 5.61. The smallest absolute Gasteiger partial charge is 0.123 e. The van der Waals surface area contributed by atoms with E-state index in [0.29, 0.717) is 5.82 Å². The van der Waals surface area contributed by atoms with Crippen LogP contribution in [0.3, 0.4) is 0 Å². The van der Waals surface area contributed by atoms with Crippen LogP contribution in [0.2, 0.25) is 0 Å². The first kappa shape index (κ1) is 11.5. The molecule has 0 atom stereocenters. The van der Waals surface area contributed by atoms with Crippen LogP contribution in [0.1, 0.15) is 5.56 Å². The zero-order valence-corrected chi connectivity index (χ0v) is 10.6. The highest BCUT2D eigenvalue weighted by Gasteiger charge is 2.07. The van der Waals surface area contributed by atoms with Crippen LogP contribution < -0.4 is 5.73 Å². The first-order valence-electron chi connectivity index (χ1n) is 6.05. The zero-order valence-electron chi connectivity index (χ0n) is 10.6. The summed E-state index contributed by atoms with van der Waals surface area (Å²) in [6.07, 6.45) is 5.39. The van der Waals surface area contributed by atoms with Crippen molar-refractivity contribution in [2.45, 2.75) is 6.92 Å². The van der Waals surface area contributed by atoms with Gasteiger partial charge in [-0.25, -0.2) is 9.97 Å². The molecule has 4 nitrogen and oxygen atoms in total. The van der Waals surface area contributed by atoms with Gasteiger partial charge in [0.1, 0.15) is 5.82 Å². The van der Waals surface area contributed by atoms with Gasteiger partial charge in [0, 0.05) is 17.4 Å². The van der Waals surface area contributed by atoms with Gasteiger partial charge >= 0.3 is 0 Å². The average Bonchev–Trinajstić information content (AvgIpc) is 2.90. The lowest BCUT2D eigenvalue weighted by Gasteiger charge is -2.08. The fourth-order valence-electron chi connectivity index (χ4n) is 1.98. The Kier molecular flexibility index (Phi) is 2.76. The van der Waals surface area contributed by atoms with Crippen LogP contribution in [0, 0.1) is 6.92 Å². The lowest BCUT2D eigenvalue weighted by Crippen LogP contribution is -1.96. The van der Waals surface area contributed by atoms with Gasteiger partial charge in [0.05, 0.1) is 18.2 Å². The van der Waals surface area contributed by atoms with Crippen LogP contribution >= 0.6 is 0 Å². The summed E-state index contributed by atoms with van der Waals surface area (Å²) < 4.78 is 2.03. The summed E-state index contributed by atoms with van der Waals surface area (Å²) >= 11 is 0. The minimum atomic E-state index is 0.519. The molecule has 2 N–H and O–H groups in total. The molecule has 3 rings (SSSR count). The average molecular weight is 250 g/mol. The van der Waals surface area contributed by atoms with Crippen molar-refractivity contribution in [3.8, 4) is 16.9 Å². The summed E-state index contributed by atoms with van der Waals surface area (Å²) in [5, 5.41) is 0. The summed E-state index contributed by atoms with van der Waals surface area (Å²) in [4.78, 5) is 8.34. The summed E-state index contributed by atoms with van der Waals surface area (Å²) in [5.74, 6) is 0.519. The molecule has 2 aromatic heterocycles. The molecule has 2 heterocycles. The Balaban J connectivity index is 2.07.